The number of allylic oxidation sites excluding steroid dienone is 1. The summed E-state index contributed by atoms with van der Waals surface area (Å²) >= 11 is 0. The maximum Gasteiger partial charge on any atom is 0.335 e. The van der Waals surface area contributed by atoms with Gasteiger partial charge < -0.3 is 5.11 Å². The number of benzene rings is 2. The van der Waals surface area contributed by atoms with Crippen molar-refractivity contribution in [3.05, 3.63) is 86.1 Å². The standard InChI is InChI=1S/C22H19N3O3/c1-3-14-8-10-15(11-9-14)25-21(27)18(20(26)24-22(25)28)12-17-13(2)23-19-7-5-4-6-16(17)19/h4-12,27H,3H2,1-2H3,(H,24,26,28)/b17-12+. The van der Waals surface area contributed by atoms with Gasteiger partial charge in [-0.3, -0.25) is 14.8 Å². The van der Waals surface area contributed by atoms with E-state index >= 15 is 0 Å². The van der Waals surface area contributed by atoms with E-state index in [2.05, 4.69) is 9.98 Å². The first-order chi connectivity index (χ1) is 13.5. The van der Waals surface area contributed by atoms with Crippen LogP contribution in [0.5, 0.6) is 5.88 Å². The van der Waals surface area contributed by atoms with Gasteiger partial charge >= 0.3 is 5.69 Å². The molecule has 1 aliphatic rings. The van der Waals surface area contributed by atoms with Crippen molar-refractivity contribution in [3.63, 3.8) is 0 Å². The SMILES string of the molecule is CCc1ccc(-n2c(O)c(/C=C3\C(C)=Nc4ccccc43)c(=O)[nH]c2=O)cc1. The van der Waals surface area contributed by atoms with Gasteiger partial charge in [-0.1, -0.05) is 37.3 Å². The number of nitrogens with zero attached hydrogens (tertiary/aromatic N) is 2. The van der Waals surface area contributed by atoms with Gasteiger partial charge in [0.1, 0.15) is 5.56 Å². The molecule has 6 nitrogen and oxygen atoms in total. The Morgan fingerprint density at radius 2 is 1.82 bits per heavy atom. The number of hydrogen-bond acceptors (Lipinski definition) is 4. The van der Waals surface area contributed by atoms with E-state index in [0.29, 0.717) is 5.69 Å². The normalized spacial score (nSPS) is 14.2. The Kier molecular flexibility index (Phi) is 4.31. The summed E-state index contributed by atoms with van der Waals surface area (Å²) in [5, 5.41) is 10.8. The molecule has 0 saturated carbocycles. The van der Waals surface area contributed by atoms with E-state index < -0.39 is 17.1 Å². The van der Waals surface area contributed by atoms with Crippen LogP contribution in [0.1, 0.15) is 30.5 Å². The molecule has 0 radical (unpaired) electrons. The molecule has 0 fully saturated rings. The fourth-order valence-corrected chi connectivity index (χ4v) is 3.35. The summed E-state index contributed by atoms with van der Waals surface area (Å²) in [4.78, 5) is 31.6. The Labute approximate surface area is 161 Å². The van der Waals surface area contributed by atoms with Crippen LogP contribution in [0.15, 0.2) is 63.1 Å². The zero-order valence-electron chi connectivity index (χ0n) is 15.6. The monoisotopic (exact) mass is 373 g/mol. The smallest absolute Gasteiger partial charge is 0.335 e. The lowest BCUT2D eigenvalue weighted by Crippen LogP contribution is -2.30. The van der Waals surface area contributed by atoms with Crippen LogP contribution < -0.4 is 11.2 Å². The van der Waals surface area contributed by atoms with Crippen LogP contribution in [-0.2, 0) is 6.42 Å². The Balaban J connectivity index is 1.91. The van der Waals surface area contributed by atoms with E-state index in [9.17, 15) is 14.7 Å². The van der Waals surface area contributed by atoms with Gasteiger partial charge in [-0.05, 0) is 43.2 Å². The number of H-pyrrole nitrogens is 1. The first-order valence-electron chi connectivity index (χ1n) is 9.04. The highest BCUT2D eigenvalue weighted by Crippen LogP contribution is 2.36. The average Bonchev–Trinajstić information content (AvgIpc) is 3.00. The number of nitrogens with one attached hydrogen (secondary N) is 1. The third-order valence-electron chi connectivity index (χ3n) is 4.88. The number of aromatic nitrogens is 2. The van der Waals surface area contributed by atoms with Gasteiger partial charge in [-0.15, -0.1) is 0 Å². The van der Waals surface area contributed by atoms with Gasteiger partial charge in [0.05, 0.1) is 11.4 Å². The third-order valence-corrected chi connectivity index (χ3v) is 4.88. The number of hydrogen-bond donors (Lipinski definition) is 2. The molecule has 1 aromatic heterocycles. The molecule has 0 bridgehead atoms. The fraction of sp³-hybridized carbons (Fsp3) is 0.136. The first kappa shape index (κ1) is 17.7. The summed E-state index contributed by atoms with van der Waals surface area (Å²) in [6.45, 7) is 3.88. The Morgan fingerprint density at radius 1 is 1.11 bits per heavy atom. The highest BCUT2D eigenvalue weighted by Gasteiger charge is 2.20. The summed E-state index contributed by atoms with van der Waals surface area (Å²) < 4.78 is 1.10. The Morgan fingerprint density at radius 3 is 2.54 bits per heavy atom. The molecule has 4 rings (SSSR count). The van der Waals surface area contributed by atoms with Crippen LogP contribution in [0, 0.1) is 0 Å². The van der Waals surface area contributed by atoms with Gasteiger partial charge in [0.2, 0.25) is 5.88 Å². The van der Waals surface area contributed by atoms with E-state index in [0.717, 1.165) is 39.1 Å². The second-order valence-electron chi connectivity index (χ2n) is 6.62. The number of aryl methyl sites for hydroxylation is 1. The lowest BCUT2D eigenvalue weighted by molar-refractivity contribution is 0.429. The fourth-order valence-electron chi connectivity index (χ4n) is 3.35. The maximum atomic E-state index is 12.4. The first-order valence-corrected chi connectivity index (χ1v) is 9.04. The zero-order valence-corrected chi connectivity index (χ0v) is 15.6. The van der Waals surface area contributed by atoms with Crippen LogP contribution in [0.25, 0.3) is 17.3 Å². The predicted octanol–water partition coefficient (Wildman–Crippen LogP) is 3.44. The number of para-hydroxylation sites is 1. The van der Waals surface area contributed by atoms with Gasteiger partial charge in [-0.25, -0.2) is 9.36 Å². The molecule has 28 heavy (non-hydrogen) atoms. The van der Waals surface area contributed by atoms with Crippen molar-refractivity contribution in [2.45, 2.75) is 20.3 Å². The molecular formula is C22H19N3O3. The van der Waals surface area contributed by atoms with Crippen LogP contribution in [0.2, 0.25) is 0 Å². The number of aliphatic imine (C=N–C) groups is 1. The van der Waals surface area contributed by atoms with Crippen molar-refractivity contribution in [2.75, 3.05) is 0 Å². The number of aromatic hydroxyl groups is 1. The molecule has 1 aliphatic heterocycles. The Hall–Kier alpha value is -3.67. The maximum absolute atomic E-state index is 12.4. The lowest BCUT2D eigenvalue weighted by Gasteiger charge is -2.11. The third kappa shape index (κ3) is 2.89. The van der Waals surface area contributed by atoms with Crippen molar-refractivity contribution >= 4 is 23.0 Å². The predicted molar refractivity (Wildman–Crippen MR) is 111 cm³/mol. The van der Waals surface area contributed by atoms with E-state index in [1.807, 2.05) is 50.2 Å². The molecular weight excluding hydrogens is 354 g/mol. The minimum Gasteiger partial charge on any atom is -0.494 e. The van der Waals surface area contributed by atoms with Crippen LogP contribution in [-0.4, -0.2) is 20.4 Å². The molecule has 0 atom stereocenters. The van der Waals surface area contributed by atoms with Crippen molar-refractivity contribution < 1.29 is 5.11 Å². The molecule has 2 N–H and O–H groups in total. The van der Waals surface area contributed by atoms with Crippen molar-refractivity contribution in [1.82, 2.24) is 9.55 Å². The average molecular weight is 373 g/mol. The quantitative estimate of drug-likeness (QED) is 0.737. The minimum atomic E-state index is -0.689. The van der Waals surface area contributed by atoms with E-state index in [4.69, 9.17) is 0 Å². The molecule has 2 heterocycles. The topological polar surface area (TPSA) is 87.4 Å². The van der Waals surface area contributed by atoms with Gasteiger partial charge in [-0.2, -0.15) is 0 Å². The molecule has 6 heteroatoms. The van der Waals surface area contributed by atoms with E-state index in [1.54, 1.807) is 18.2 Å². The van der Waals surface area contributed by atoms with Crippen molar-refractivity contribution in [3.8, 4) is 11.6 Å². The zero-order chi connectivity index (χ0) is 19.8. The lowest BCUT2D eigenvalue weighted by atomic mass is 10.0. The summed E-state index contributed by atoms with van der Waals surface area (Å²) in [7, 11) is 0. The summed E-state index contributed by atoms with van der Waals surface area (Å²) in [5.41, 5.74) is 3.44. The number of aromatic amines is 1. The van der Waals surface area contributed by atoms with Gasteiger partial charge in [0.25, 0.3) is 5.56 Å². The second kappa shape index (κ2) is 6.81. The minimum absolute atomic E-state index is 0.0143. The van der Waals surface area contributed by atoms with Crippen LogP contribution >= 0.6 is 0 Å². The van der Waals surface area contributed by atoms with Gasteiger partial charge in [0.15, 0.2) is 0 Å². The highest BCUT2D eigenvalue weighted by molar-refractivity contribution is 6.31. The van der Waals surface area contributed by atoms with E-state index in [-0.39, 0.29) is 5.56 Å². The van der Waals surface area contributed by atoms with Gasteiger partial charge in [0, 0.05) is 16.8 Å². The molecule has 2 aromatic carbocycles. The summed E-state index contributed by atoms with van der Waals surface area (Å²) in [6.07, 6.45) is 2.44. The van der Waals surface area contributed by atoms with Crippen LogP contribution in [0.3, 0.4) is 0 Å². The molecule has 140 valence electrons. The van der Waals surface area contributed by atoms with Crippen LogP contribution in [0.4, 0.5) is 5.69 Å². The van der Waals surface area contributed by atoms with Crippen molar-refractivity contribution in [2.24, 2.45) is 4.99 Å². The molecule has 0 aliphatic carbocycles. The molecule has 0 spiro atoms. The van der Waals surface area contributed by atoms with Crippen molar-refractivity contribution in [1.29, 1.82) is 0 Å². The largest absolute Gasteiger partial charge is 0.494 e. The Bertz CT molecular complexity index is 1250. The molecule has 0 amide bonds. The summed E-state index contributed by atoms with van der Waals surface area (Å²) in [6, 6.07) is 14.8. The molecule has 0 saturated heterocycles. The number of rotatable bonds is 3. The molecule has 0 unspecified atom stereocenters. The number of fused-ring (bicyclic) bond motifs is 1. The van der Waals surface area contributed by atoms with E-state index in [1.165, 1.54) is 0 Å². The summed E-state index contributed by atoms with van der Waals surface area (Å²) in [5.74, 6) is -0.400. The highest BCUT2D eigenvalue weighted by atomic mass is 16.3. The molecule has 3 aromatic rings. The second-order valence-corrected chi connectivity index (χ2v) is 6.62.